The molecule has 2 unspecified atom stereocenters. The Morgan fingerprint density at radius 1 is 0.788 bits per heavy atom. The van der Waals surface area contributed by atoms with Crippen molar-refractivity contribution >= 4 is 21.4 Å². The van der Waals surface area contributed by atoms with E-state index in [9.17, 15) is 0 Å². The third kappa shape index (κ3) is 17.5. The molecular weight excluding hydrogens is 446 g/mol. The first kappa shape index (κ1) is 31.4. The molecule has 33 heavy (non-hydrogen) atoms. The van der Waals surface area contributed by atoms with E-state index in [1.54, 1.807) is 0 Å². The van der Waals surface area contributed by atoms with Gasteiger partial charge in [-0.25, -0.2) is 5.48 Å². The smallest absolute Gasteiger partial charge is 0.373 e. The Labute approximate surface area is 213 Å². The molecule has 198 valence electrons. The highest BCUT2D eigenvalue weighted by Gasteiger charge is 2.42. The fourth-order valence-corrected chi connectivity index (χ4v) is 7.62. The monoisotopic (exact) mass is 503 g/mol. The van der Waals surface area contributed by atoms with Crippen molar-refractivity contribution in [2.45, 2.75) is 142 Å². The van der Waals surface area contributed by atoms with Gasteiger partial charge in [0.2, 0.25) is 0 Å². The first-order valence-electron chi connectivity index (χ1n) is 14.6. The number of hydrogen-bond acceptors (Lipinski definition) is 5. The van der Waals surface area contributed by atoms with E-state index in [2.05, 4.69) is 25.0 Å². The molecule has 0 aromatic heterocycles. The fourth-order valence-electron chi connectivity index (χ4n) is 4.79. The molecule has 1 heterocycles. The largest absolute Gasteiger partial charge is 0.517 e. The number of thiol groups is 1. The molecule has 1 fully saturated rings. The van der Waals surface area contributed by atoms with Gasteiger partial charge in [0.15, 0.2) is 0 Å². The predicted octanol–water partition coefficient (Wildman–Crippen LogP) is 8.49. The number of rotatable bonds is 22. The molecule has 0 aromatic rings. The number of hydroxylamine groups is 1. The van der Waals surface area contributed by atoms with Gasteiger partial charge in [-0.15, -0.1) is 0 Å². The minimum Gasteiger partial charge on any atom is -0.373 e. The van der Waals surface area contributed by atoms with E-state index in [1.165, 1.54) is 109 Å². The summed E-state index contributed by atoms with van der Waals surface area (Å²) in [7, 11) is -2.55. The van der Waals surface area contributed by atoms with E-state index in [1.807, 2.05) is 6.92 Å². The van der Waals surface area contributed by atoms with Gasteiger partial charge in [-0.05, 0) is 37.9 Å². The molecule has 1 aliphatic rings. The zero-order chi connectivity index (χ0) is 23.9. The maximum Gasteiger partial charge on any atom is 0.517 e. The van der Waals surface area contributed by atoms with Gasteiger partial charge < -0.3 is 8.85 Å². The topological polar surface area (TPSA) is 39.7 Å². The van der Waals surface area contributed by atoms with Crippen LogP contribution in [-0.4, -0.2) is 34.3 Å². The van der Waals surface area contributed by atoms with Crippen LogP contribution in [0, 0.1) is 5.92 Å². The molecule has 1 rings (SSSR count). The zero-order valence-corrected chi connectivity index (χ0v) is 24.1. The molecule has 4 nitrogen and oxygen atoms in total. The summed E-state index contributed by atoms with van der Waals surface area (Å²) in [5.41, 5.74) is 3.21. The number of unbranched alkanes of at least 4 members (excludes halogenated alkanes) is 15. The Bertz CT molecular complexity index is 407. The molecule has 0 saturated carbocycles. The first-order valence-corrected chi connectivity index (χ1v) is 17.1. The summed E-state index contributed by atoms with van der Waals surface area (Å²) in [6.07, 6.45) is 26.2. The molecule has 0 aliphatic carbocycles. The lowest BCUT2D eigenvalue weighted by atomic mass is 9.97. The summed E-state index contributed by atoms with van der Waals surface area (Å²) in [5.74, 6) is 1.49. The molecule has 6 heteroatoms. The third-order valence-corrected chi connectivity index (χ3v) is 10.0. The normalized spacial score (nSPS) is 21.7. The van der Waals surface area contributed by atoms with Gasteiger partial charge in [0.05, 0.1) is 0 Å². The Morgan fingerprint density at radius 3 is 1.85 bits per heavy atom. The highest BCUT2D eigenvalue weighted by atomic mass is 32.1. The first-order chi connectivity index (χ1) is 16.3. The van der Waals surface area contributed by atoms with Crippen molar-refractivity contribution in [1.29, 1.82) is 0 Å². The van der Waals surface area contributed by atoms with Crippen LogP contribution < -0.4 is 5.48 Å². The Kier molecular flexibility index (Phi) is 21.8. The van der Waals surface area contributed by atoms with E-state index in [4.69, 9.17) is 13.4 Å². The van der Waals surface area contributed by atoms with Crippen molar-refractivity contribution in [2.24, 2.45) is 5.92 Å². The lowest BCUT2D eigenvalue weighted by Gasteiger charge is -2.32. The second-order valence-electron chi connectivity index (χ2n) is 9.99. The minimum absolute atomic E-state index is 0.642. The lowest BCUT2D eigenvalue weighted by Crippen LogP contribution is -2.52. The number of hydrogen-bond donors (Lipinski definition) is 2. The maximum atomic E-state index is 6.17. The van der Waals surface area contributed by atoms with Gasteiger partial charge in [0, 0.05) is 25.8 Å². The molecule has 0 aromatic carbocycles. The van der Waals surface area contributed by atoms with Gasteiger partial charge in [0.1, 0.15) is 0 Å². The standard InChI is InChI=1S/C27H57NO3SSi/c1-3-5-6-7-8-9-10-11-12-13-14-15-16-17-18-19-21-27-22-23-30-33(29-4-2,25-20-24-32)31-28-26-27/h27-28,32H,3-26H2,1-2H3. The van der Waals surface area contributed by atoms with Crippen molar-refractivity contribution in [2.75, 3.05) is 25.5 Å². The second kappa shape index (κ2) is 22.8. The molecular formula is C27H57NO3SSi. The average Bonchev–Trinajstić information content (AvgIpc) is 2.80. The van der Waals surface area contributed by atoms with Crippen LogP contribution in [0.5, 0.6) is 0 Å². The van der Waals surface area contributed by atoms with Crippen molar-refractivity contribution in [3.8, 4) is 0 Å². The van der Waals surface area contributed by atoms with Gasteiger partial charge in [0.25, 0.3) is 0 Å². The highest BCUT2D eigenvalue weighted by molar-refractivity contribution is 7.80. The van der Waals surface area contributed by atoms with Gasteiger partial charge in [-0.2, -0.15) is 12.6 Å². The minimum atomic E-state index is -2.55. The third-order valence-electron chi connectivity index (χ3n) is 6.92. The summed E-state index contributed by atoms with van der Waals surface area (Å²) < 4.78 is 18.1. The summed E-state index contributed by atoms with van der Waals surface area (Å²) in [5, 5.41) is 0. The molecule has 0 spiro atoms. The average molecular weight is 504 g/mol. The van der Waals surface area contributed by atoms with E-state index in [0.29, 0.717) is 12.5 Å². The quantitative estimate of drug-likeness (QED) is 0.0882. The van der Waals surface area contributed by atoms with Crippen LogP contribution in [0.1, 0.15) is 136 Å². The van der Waals surface area contributed by atoms with E-state index >= 15 is 0 Å². The van der Waals surface area contributed by atoms with Gasteiger partial charge in [-0.3, -0.25) is 4.53 Å². The molecule has 0 bridgehead atoms. The second-order valence-corrected chi connectivity index (χ2v) is 13.1. The Morgan fingerprint density at radius 2 is 1.33 bits per heavy atom. The molecule has 0 radical (unpaired) electrons. The van der Waals surface area contributed by atoms with E-state index < -0.39 is 8.80 Å². The highest BCUT2D eigenvalue weighted by Crippen LogP contribution is 2.23. The van der Waals surface area contributed by atoms with Crippen molar-refractivity contribution in [1.82, 2.24) is 5.48 Å². The Hall–Kier alpha value is 0.407. The van der Waals surface area contributed by atoms with Crippen LogP contribution in [0.15, 0.2) is 0 Å². The van der Waals surface area contributed by atoms with Crippen molar-refractivity contribution < 1.29 is 13.4 Å². The number of nitrogens with one attached hydrogen (secondary N) is 1. The molecule has 2 atom stereocenters. The van der Waals surface area contributed by atoms with E-state index in [-0.39, 0.29) is 0 Å². The van der Waals surface area contributed by atoms with Crippen molar-refractivity contribution in [3.05, 3.63) is 0 Å². The zero-order valence-electron chi connectivity index (χ0n) is 22.2. The predicted molar refractivity (Wildman–Crippen MR) is 148 cm³/mol. The molecule has 0 amide bonds. The summed E-state index contributed by atoms with van der Waals surface area (Å²) in [6, 6.07) is 0.848. The molecule has 1 aliphatic heterocycles. The molecule has 1 N–H and O–H groups in total. The fraction of sp³-hybridized carbons (Fsp3) is 1.00. The summed E-state index contributed by atoms with van der Waals surface area (Å²) in [6.45, 7) is 6.64. The van der Waals surface area contributed by atoms with Crippen molar-refractivity contribution in [3.63, 3.8) is 0 Å². The SMILES string of the molecule is CCCCCCCCCCCCCCCCCCC1CCO[Si](CCCS)(OCC)ONC1. The lowest BCUT2D eigenvalue weighted by molar-refractivity contribution is -0.00157. The van der Waals surface area contributed by atoms with Crippen LogP contribution in [0.25, 0.3) is 0 Å². The maximum absolute atomic E-state index is 6.17. The van der Waals surface area contributed by atoms with Crippen LogP contribution in [0.3, 0.4) is 0 Å². The van der Waals surface area contributed by atoms with E-state index in [0.717, 1.165) is 37.8 Å². The molecule has 1 saturated heterocycles. The van der Waals surface area contributed by atoms with Crippen LogP contribution in [-0.2, 0) is 13.4 Å². The van der Waals surface area contributed by atoms with Crippen LogP contribution in [0.2, 0.25) is 6.04 Å². The Balaban J connectivity index is 1.92. The van der Waals surface area contributed by atoms with Crippen LogP contribution >= 0.6 is 12.6 Å². The van der Waals surface area contributed by atoms with Crippen LogP contribution in [0.4, 0.5) is 0 Å². The summed E-state index contributed by atoms with van der Waals surface area (Å²) in [4.78, 5) is 0. The summed E-state index contributed by atoms with van der Waals surface area (Å²) >= 11 is 4.33. The van der Waals surface area contributed by atoms with Gasteiger partial charge in [-0.1, -0.05) is 110 Å². The van der Waals surface area contributed by atoms with Gasteiger partial charge >= 0.3 is 8.80 Å².